The lowest BCUT2D eigenvalue weighted by atomic mass is 9.93. The van der Waals surface area contributed by atoms with Crippen LogP contribution in [0, 0.1) is 19.8 Å². The second-order valence-corrected chi connectivity index (χ2v) is 7.68. The zero-order valence-electron chi connectivity index (χ0n) is 16.8. The lowest BCUT2D eigenvalue weighted by Gasteiger charge is -2.29. The minimum atomic E-state index is 0.0236. The molecule has 6 heteroatoms. The SMILES string of the molecule is Cc1nn(C)c(C)c1CN(CC1CC=CCC1)C(=O)c1ccc2c(c1)OCO2. The van der Waals surface area contributed by atoms with Gasteiger partial charge in [-0.2, -0.15) is 5.10 Å². The van der Waals surface area contributed by atoms with E-state index in [9.17, 15) is 4.79 Å². The Labute approximate surface area is 165 Å². The van der Waals surface area contributed by atoms with Crippen LogP contribution in [0.1, 0.15) is 46.6 Å². The standard InChI is InChI=1S/C22H27N3O3/c1-15-19(16(2)24(3)23-15)13-25(12-17-7-5-4-6-8-17)22(26)18-9-10-20-21(11-18)28-14-27-20/h4-5,9-11,17H,6-8,12-14H2,1-3H3. The van der Waals surface area contributed by atoms with Crippen molar-refractivity contribution in [3.05, 3.63) is 52.9 Å². The third-order valence-electron chi connectivity index (χ3n) is 5.77. The van der Waals surface area contributed by atoms with Gasteiger partial charge in [0.2, 0.25) is 6.79 Å². The molecule has 2 heterocycles. The fourth-order valence-corrected chi connectivity index (χ4v) is 4.00. The summed E-state index contributed by atoms with van der Waals surface area (Å²) < 4.78 is 12.7. The molecule has 0 N–H and O–H groups in total. The average Bonchev–Trinajstić information content (AvgIpc) is 3.26. The lowest BCUT2D eigenvalue weighted by molar-refractivity contribution is 0.0709. The lowest BCUT2D eigenvalue weighted by Crippen LogP contribution is -2.35. The first-order chi connectivity index (χ1) is 13.5. The van der Waals surface area contributed by atoms with Crippen molar-refractivity contribution in [2.24, 2.45) is 13.0 Å². The molecule has 148 valence electrons. The molecule has 28 heavy (non-hydrogen) atoms. The Morgan fingerprint density at radius 1 is 1.25 bits per heavy atom. The van der Waals surface area contributed by atoms with E-state index in [1.54, 1.807) is 6.07 Å². The Morgan fingerprint density at radius 3 is 2.79 bits per heavy atom. The molecule has 0 radical (unpaired) electrons. The van der Waals surface area contributed by atoms with E-state index in [1.165, 1.54) is 0 Å². The summed E-state index contributed by atoms with van der Waals surface area (Å²) in [5.41, 5.74) is 3.84. The number of aromatic nitrogens is 2. The number of hydrogen-bond acceptors (Lipinski definition) is 4. The summed E-state index contributed by atoms with van der Waals surface area (Å²) in [6, 6.07) is 5.44. The molecule has 2 aromatic rings. The van der Waals surface area contributed by atoms with Gasteiger partial charge in [-0.25, -0.2) is 0 Å². The Balaban J connectivity index is 1.61. The second kappa shape index (κ2) is 7.70. The molecule has 6 nitrogen and oxygen atoms in total. The Morgan fingerprint density at radius 2 is 2.07 bits per heavy atom. The molecular weight excluding hydrogens is 354 g/mol. The van der Waals surface area contributed by atoms with Gasteiger partial charge < -0.3 is 14.4 Å². The van der Waals surface area contributed by atoms with Gasteiger partial charge in [0.05, 0.1) is 5.69 Å². The number of nitrogens with zero attached hydrogens (tertiary/aromatic N) is 3. The van der Waals surface area contributed by atoms with E-state index < -0.39 is 0 Å². The molecule has 1 aromatic heterocycles. The van der Waals surface area contributed by atoms with E-state index in [1.807, 2.05) is 35.7 Å². The van der Waals surface area contributed by atoms with Gasteiger partial charge in [-0.05, 0) is 57.2 Å². The van der Waals surface area contributed by atoms with Crippen LogP contribution in [0.5, 0.6) is 11.5 Å². The van der Waals surface area contributed by atoms with Crippen LogP contribution in [-0.2, 0) is 13.6 Å². The summed E-state index contributed by atoms with van der Waals surface area (Å²) in [5.74, 6) is 1.84. The number of amides is 1. The monoisotopic (exact) mass is 381 g/mol. The van der Waals surface area contributed by atoms with Gasteiger partial charge in [0.25, 0.3) is 5.91 Å². The first-order valence-electron chi connectivity index (χ1n) is 9.86. The highest BCUT2D eigenvalue weighted by molar-refractivity contribution is 5.95. The summed E-state index contributed by atoms with van der Waals surface area (Å²) in [4.78, 5) is 15.4. The fraction of sp³-hybridized carbons (Fsp3) is 0.455. The highest BCUT2D eigenvalue weighted by Gasteiger charge is 2.25. The largest absolute Gasteiger partial charge is 0.454 e. The van der Waals surface area contributed by atoms with E-state index in [4.69, 9.17) is 9.47 Å². The van der Waals surface area contributed by atoms with Crippen LogP contribution in [0.3, 0.4) is 0 Å². The number of fused-ring (bicyclic) bond motifs is 1. The van der Waals surface area contributed by atoms with E-state index in [0.29, 0.717) is 29.5 Å². The maximum absolute atomic E-state index is 13.4. The van der Waals surface area contributed by atoms with Crippen LogP contribution in [0.4, 0.5) is 0 Å². The number of carbonyl (C=O) groups excluding carboxylic acids is 1. The van der Waals surface area contributed by atoms with Crippen molar-refractivity contribution in [3.63, 3.8) is 0 Å². The molecule has 4 rings (SSSR count). The molecule has 1 atom stereocenters. The van der Waals surface area contributed by atoms with Gasteiger partial charge in [-0.15, -0.1) is 0 Å². The predicted octanol–water partition coefficient (Wildman–Crippen LogP) is 3.76. The van der Waals surface area contributed by atoms with E-state index in [2.05, 4.69) is 24.2 Å². The second-order valence-electron chi connectivity index (χ2n) is 7.68. The average molecular weight is 381 g/mol. The summed E-state index contributed by atoms with van der Waals surface area (Å²) in [6.07, 6.45) is 7.69. The molecule has 2 aliphatic rings. The number of rotatable bonds is 5. The highest BCUT2D eigenvalue weighted by atomic mass is 16.7. The summed E-state index contributed by atoms with van der Waals surface area (Å²) in [7, 11) is 1.95. The summed E-state index contributed by atoms with van der Waals surface area (Å²) in [6.45, 7) is 5.58. The number of allylic oxidation sites excluding steroid dienone is 2. The van der Waals surface area contributed by atoms with E-state index in [0.717, 1.165) is 42.8 Å². The quantitative estimate of drug-likeness (QED) is 0.740. The topological polar surface area (TPSA) is 56.6 Å². The van der Waals surface area contributed by atoms with Crippen LogP contribution in [-0.4, -0.2) is 33.9 Å². The van der Waals surface area contributed by atoms with Crippen molar-refractivity contribution in [1.29, 1.82) is 0 Å². The summed E-state index contributed by atoms with van der Waals surface area (Å²) >= 11 is 0. The zero-order valence-corrected chi connectivity index (χ0v) is 16.8. The molecular formula is C22H27N3O3. The summed E-state index contributed by atoms with van der Waals surface area (Å²) in [5, 5.41) is 4.52. The van der Waals surface area contributed by atoms with Crippen LogP contribution in [0.25, 0.3) is 0 Å². The highest BCUT2D eigenvalue weighted by Crippen LogP contribution is 2.33. The molecule has 1 amide bonds. The van der Waals surface area contributed by atoms with Crippen LogP contribution < -0.4 is 9.47 Å². The number of ether oxygens (including phenoxy) is 2. The Hall–Kier alpha value is -2.76. The van der Waals surface area contributed by atoms with Gasteiger partial charge in [0.1, 0.15) is 0 Å². The first-order valence-corrected chi connectivity index (χ1v) is 9.86. The van der Waals surface area contributed by atoms with Gasteiger partial charge in [0, 0.05) is 37.0 Å². The number of aryl methyl sites for hydroxylation is 2. The van der Waals surface area contributed by atoms with Crippen molar-refractivity contribution in [3.8, 4) is 11.5 Å². The minimum Gasteiger partial charge on any atom is -0.454 e. The zero-order chi connectivity index (χ0) is 19.7. The molecule has 0 spiro atoms. The van der Waals surface area contributed by atoms with E-state index >= 15 is 0 Å². The van der Waals surface area contributed by atoms with Crippen LogP contribution in [0.2, 0.25) is 0 Å². The molecule has 1 unspecified atom stereocenters. The third-order valence-corrected chi connectivity index (χ3v) is 5.77. The molecule has 0 saturated carbocycles. The van der Waals surface area contributed by atoms with Gasteiger partial charge in [0.15, 0.2) is 11.5 Å². The minimum absolute atomic E-state index is 0.0236. The number of carbonyl (C=O) groups is 1. The maximum Gasteiger partial charge on any atom is 0.254 e. The van der Waals surface area contributed by atoms with Gasteiger partial charge in [-0.3, -0.25) is 9.48 Å². The van der Waals surface area contributed by atoms with Crippen LogP contribution >= 0.6 is 0 Å². The molecule has 1 aromatic carbocycles. The van der Waals surface area contributed by atoms with Gasteiger partial charge in [-0.1, -0.05) is 12.2 Å². The molecule has 0 fully saturated rings. The van der Waals surface area contributed by atoms with Crippen molar-refractivity contribution < 1.29 is 14.3 Å². The van der Waals surface area contributed by atoms with Crippen molar-refractivity contribution in [1.82, 2.24) is 14.7 Å². The predicted molar refractivity (Wildman–Crippen MR) is 106 cm³/mol. The Kier molecular flexibility index (Phi) is 5.11. The van der Waals surface area contributed by atoms with Crippen molar-refractivity contribution >= 4 is 5.91 Å². The smallest absolute Gasteiger partial charge is 0.254 e. The number of hydrogen-bond donors (Lipinski definition) is 0. The Bertz CT molecular complexity index is 916. The van der Waals surface area contributed by atoms with Gasteiger partial charge >= 0.3 is 0 Å². The van der Waals surface area contributed by atoms with Crippen molar-refractivity contribution in [2.75, 3.05) is 13.3 Å². The normalized spacial score (nSPS) is 17.8. The third kappa shape index (κ3) is 3.63. The number of benzene rings is 1. The first kappa shape index (κ1) is 18.6. The molecule has 0 bridgehead atoms. The van der Waals surface area contributed by atoms with Crippen molar-refractivity contribution in [2.45, 2.75) is 39.7 Å². The molecule has 1 aliphatic carbocycles. The molecule has 1 aliphatic heterocycles. The van der Waals surface area contributed by atoms with Crippen LogP contribution in [0.15, 0.2) is 30.4 Å². The fourth-order valence-electron chi connectivity index (χ4n) is 4.00. The maximum atomic E-state index is 13.4. The molecule has 0 saturated heterocycles. The van der Waals surface area contributed by atoms with E-state index in [-0.39, 0.29) is 12.7 Å².